The Morgan fingerprint density at radius 2 is 1.77 bits per heavy atom. The molecule has 9 heteroatoms. The molecule has 2 aromatic rings. The van der Waals surface area contributed by atoms with Crippen molar-refractivity contribution in [3.05, 3.63) is 59.7 Å². The van der Waals surface area contributed by atoms with Gasteiger partial charge in [-0.1, -0.05) is 36.4 Å². The van der Waals surface area contributed by atoms with Crippen molar-refractivity contribution in [2.75, 3.05) is 5.32 Å². The molecule has 0 aliphatic carbocycles. The predicted molar refractivity (Wildman–Crippen MR) is 119 cm³/mol. The SMILES string of the molecule is CC(C)NS(=O)(=O)Cc1ccc(CNC(=O)CC2Sc3ccccc3NC2=O)cc1. The van der Waals surface area contributed by atoms with Crippen molar-refractivity contribution >= 4 is 39.3 Å². The van der Waals surface area contributed by atoms with Crippen molar-refractivity contribution in [1.29, 1.82) is 0 Å². The van der Waals surface area contributed by atoms with Crippen LogP contribution in [0, 0.1) is 0 Å². The fourth-order valence-electron chi connectivity index (χ4n) is 3.04. The molecule has 3 rings (SSSR count). The molecular weight excluding hydrogens is 422 g/mol. The van der Waals surface area contributed by atoms with Gasteiger partial charge in [0.2, 0.25) is 21.8 Å². The van der Waals surface area contributed by atoms with Gasteiger partial charge < -0.3 is 10.6 Å². The van der Waals surface area contributed by atoms with Crippen molar-refractivity contribution in [1.82, 2.24) is 10.0 Å². The van der Waals surface area contributed by atoms with Crippen LogP contribution in [0.3, 0.4) is 0 Å². The number of carbonyl (C=O) groups excluding carboxylic acids is 2. The average Bonchev–Trinajstić information content (AvgIpc) is 2.66. The lowest BCUT2D eigenvalue weighted by atomic mass is 10.1. The third-order valence-corrected chi connectivity index (χ3v) is 7.18. The number of hydrogen-bond acceptors (Lipinski definition) is 5. The molecule has 1 aliphatic heterocycles. The number of hydrogen-bond donors (Lipinski definition) is 3. The second-order valence-electron chi connectivity index (χ2n) is 7.42. The van der Waals surface area contributed by atoms with E-state index in [-0.39, 0.29) is 30.0 Å². The minimum atomic E-state index is -3.38. The number of amides is 2. The number of thioether (sulfide) groups is 1. The molecule has 0 radical (unpaired) electrons. The smallest absolute Gasteiger partial charge is 0.238 e. The van der Waals surface area contributed by atoms with E-state index in [2.05, 4.69) is 15.4 Å². The second-order valence-corrected chi connectivity index (χ2v) is 10.4. The summed E-state index contributed by atoms with van der Waals surface area (Å²) in [5.74, 6) is -0.475. The Hall–Kier alpha value is -2.36. The van der Waals surface area contributed by atoms with E-state index in [9.17, 15) is 18.0 Å². The largest absolute Gasteiger partial charge is 0.352 e. The summed E-state index contributed by atoms with van der Waals surface area (Å²) in [4.78, 5) is 25.5. The molecular formula is C21H25N3O4S2. The topological polar surface area (TPSA) is 104 Å². The summed E-state index contributed by atoms with van der Waals surface area (Å²) in [7, 11) is -3.38. The average molecular weight is 448 g/mol. The zero-order valence-corrected chi connectivity index (χ0v) is 18.5. The Kier molecular flexibility index (Phi) is 7.17. The van der Waals surface area contributed by atoms with Crippen LogP contribution in [0.4, 0.5) is 5.69 Å². The van der Waals surface area contributed by atoms with Crippen molar-refractivity contribution in [2.24, 2.45) is 0 Å². The first-order valence-corrected chi connectivity index (χ1v) is 12.2. The summed E-state index contributed by atoms with van der Waals surface area (Å²) < 4.78 is 26.6. The van der Waals surface area contributed by atoms with Gasteiger partial charge in [0.1, 0.15) is 0 Å². The Balaban J connectivity index is 1.50. The minimum Gasteiger partial charge on any atom is -0.352 e. The summed E-state index contributed by atoms with van der Waals surface area (Å²) in [6, 6.07) is 14.4. The molecule has 0 bridgehead atoms. The summed E-state index contributed by atoms with van der Waals surface area (Å²) in [6.45, 7) is 3.86. The van der Waals surface area contributed by atoms with E-state index >= 15 is 0 Å². The zero-order valence-electron chi connectivity index (χ0n) is 16.8. The molecule has 2 amide bonds. The molecule has 1 aliphatic rings. The molecule has 160 valence electrons. The van der Waals surface area contributed by atoms with Gasteiger partial charge in [0, 0.05) is 23.9 Å². The number of sulfonamides is 1. The van der Waals surface area contributed by atoms with Gasteiger partial charge in [-0.05, 0) is 37.1 Å². The van der Waals surface area contributed by atoms with Crippen molar-refractivity contribution in [3.8, 4) is 0 Å². The number of fused-ring (bicyclic) bond motifs is 1. The van der Waals surface area contributed by atoms with E-state index in [0.717, 1.165) is 16.1 Å². The van der Waals surface area contributed by atoms with E-state index in [0.29, 0.717) is 12.1 Å². The van der Waals surface area contributed by atoms with Gasteiger partial charge in [0.15, 0.2) is 0 Å². The van der Waals surface area contributed by atoms with E-state index < -0.39 is 15.3 Å². The van der Waals surface area contributed by atoms with Gasteiger partial charge >= 0.3 is 0 Å². The van der Waals surface area contributed by atoms with Gasteiger partial charge in [-0.3, -0.25) is 9.59 Å². The minimum absolute atomic E-state index is 0.0854. The highest BCUT2D eigenvalue weighted by atomic mass is 32.2. The van der Waals surface area contributed by atoms with Crippen LogP contribution in [0.1, 0.15) is 31.4 Å². The molecule has 30 heavy (non-hydrogen) atoms. The Labute approximate surface area is 181 Å². The molecule has 1 unspecified atom stereocenters. The normalized spacial score (nSPS) is 16.1. The third-order valence-electron chi connectivity index (χ3n) is 4.36. The van der Waals surface area contributed by atoms with Crippen molar-refractivity contribution in [2.45, 2.75) is 48.8 Å². The van der Waals surface area contributed by atoms with E-state index in [1.165, 1.54) is 11.8 Å². The maximum Gasteiger partial charge on any atom is 0.238 e. The molecule has 0 spiro atoms. The molecule has 0 fully saturated rings. The lowest BCUT2D eigenvalue weighted by Gasteiger charge is -2.23. The summed E-state index contributed by atoms with van der Waals surface area (Å²) in [5, 5.41) is 5.18. The first-order valence-electron chi connectivity index (χ1n) is 9.63. The Bertz CT molecular complexity index is 1020. The standard InChI is InChI=1S/C21H25N3O4S2/c1-14(2)24-30(27,28)13-16-9-7-15(8-10-16)12-22-20(25)11-19-21(26)23-17-5-3-4-6-18(17)29-19/h3-10,14,19,24H,11-13H2,1-2H3,(H,22,25)(H,23,26). The number of para-hydroxylation sites is 1. The van der Waals surface area contributed by atoms with Gasteiger partial charge in [-0.2, -0.15) is 0 Å². The monoisotopic (exact) mass is 447 g/mol. The summed E-state index contributed by atoms with van der Waals surface area (Å²) >= 11 is 1.39. The van der Waals surface area contributed by atoms with Crippen LogP contribution in [0.2, 0.25) is 0 Å². The maximum atomic E-state index is 12.3. The van der Waals surface area contributed by atoms with Crippen LogP contribution in [0.25, 0.3) is 0 Å². The first kappa shape index (κ1) is 22.3. The molecule has 1 atom stereocenters. The highest BCUT2D eigenvalue weighted by molar-refractivity contribution is 8.01. The van der Waals surface area contributed by atoms with Gasteiger partial charge in [0.25, 0.3) is 0 Å². The number of rotatable bonds is 8. The lowest BCUT2D eigenvalue weighted by molar-refractivity contribution is -0.124. The van der Waals surface area contributed by atoms with Gasteiger partial charge in [0.05, 0.1) is 16.7 Å². The zero-order chi connectivity index (χ0) is 21.7. The molecule has 7 nitrogen and oxygen atoms in total. The van der Waals surface area contributed by atoms with Crippen LogP contribution in [0.15, 0.2) is 53.4 Å². The van der Waals surface area contributed by atoms with Crippen molar-refractivity contribution < 1.29 is 18.0 Å². The summed E-state index contributed by atoms with van der Waals surface area (Å²) in [5.41, 5.74) is 2.30. The van der Waals surface area contributed by atoms with E-state index in [1.54, 1.807) is 38.1 Å². The fourth-order valence-corrected chi connectivity index (χ4v) is 5.59. The highest BCUT2D eigenvalue weighted by Gasteiger charge is 2.28. The predicted octanol–water partition coefficient (Wildman–Crippen LogP) is 2.63. The van der Waals surface area contributed by atoms with E-state index in [1.807, 2.05) is 24.3 Å². The number of benzene rings is 2. The Morgan fingerprint density at radius 3 is 2.47 bits per heavy atom. The van der Waals surface area contributed by atoms with Crippen LogP contribution in [0.5, 0.6) is 0 Å². The quantitative estimate of drug-likeness (QED) is 0.577. The molecule has 0 saturated heterocycles. The molecule has 2 aromatic carbocycles. The first-order chi connectivity index (χ1) is 14.2. The van der Waals surface area contributed by atoms with E-state index in [4.69, 9.17) is 0 Å². The molecule has 0 aromatic heterocycles. The Morgan fingerprint density at radius 1 is 1.10 bits per heavy atom. The van der Waals surface area contributed by atoms with Gasteiger partial charge in [-0.15, -0.1) is 11.8 Å². The maximum absolute atomic E-state index is 12.3. The number of nitrogens with one attached hydrogen (secondary N) is 3. The molecule has 3 N–H and O–H groups in total. The third kappa shape index (κ3) is 6.32. The molecule has 0 saturated carbocycles. The van der Waals surface area contributed by atoms with Crippen LogP contribution < -0.4 is 15.4 Å². The number of carbonyl (C=O) groups is 2. The van der Waals surface area contributed by atoms with Gasteiger partial charge in [-0.25, -0.2) is 13.1 Å². The van der Waals surface area contributed by atoms with Crippen molar-refractivity contribution in [3.63, 3.8) is 0 Å². The number of anilines is 1. The lowest BCUT2D eigenvalue weighted by Crippen LogP contribution is -2.34. The second kappa shape index (κ2) is 9.63. The summed E-state index contributed by atoms with van der Waals surface area (Å²) in [6.07, 6.45) is 0.0854. The van der Waals surface area contributed by atoms with Crippen LogP contribution >= 0.6 is 11.8 Å². The van der Waals surface area contributed by atoms with Crippen LogP contribution in [-0.4, -0.2) is 31.5 Å². The highest BCUT2D eigenvalue weighted by Crippen LogP contribution is 2.36. The fraction of sp³-hybridized carbons (Fsp3) is 0.333. The molecule has 1 heterocycles. The van der Waals surface area contributed by atoms with Crippen LogP contribution in [-0.2, 0) is 31.9 Å².